The Kier molecular flexibility index (Phi) is 7.11. The normalized spacial score (nSPS) is 16.9. The molecule has 1 atom stereocenters. The first kappa shape index (κ1) is 25.6. The number of amides is 4. The highest BCUT2D eigenvalue weighted by Crippen LogP contribution is 2.28. The van der Waals surface area contributed by atoms with Crippen molar-refractivity contribution in [2.45, 2.75) is 58.3 Å². The molecule has 2 aliphatic heterocycles. The van der Waals surface area contributed by atoms with E-state index in [0.29, 0.717) is 23.1 Å². The lowest BCUT2D eigenvalue weighted by Gasteiger charge is -2.29. The Morgan fingerprint density at radius 1 is 1.11 bits per heavy atom. The summed E-state index contributed by atoms with van der Waals surface area (Å²) in [4.78, 5) is 62.2. The maximum Gasteiger partial charge on any atom is 0.338 e. The number of hydrogen-bond acceptors (Lipinski definition) is 6. The van der Waals surface area contributed by atoms with Gasteiger partial charge >= 0.3 is 5.97 Å². The summed E-state index contributed by atoms with van der Waals surface area (Å²) >= 11 is 0. The monoisotopic (exact) mass is 501 g/mol. The molecule has 9 nitrogen and oxygen atoms in total. The summed E-state index contributed by atoms with van der Waals surface area (Å²) in [5, 5.41) is 5.01. The van der Waals surface area contributed by atoms with Gasteiger partial charge in [0.15, 0.2) is 0 Å². The van der Waals surface area contributed by atoms with Gasteiger partial charge in [-0.1, -0.05) is 18.1 Å². The lowest BCUT2D eigenvalue weighted by Crippen LogP contribution is -2.52. The van der Waals surface area contributed by atoms with E-state index < -0.39 is 29.4 Å². The summed E-state index contributed by atoms with van der Waals surface area (Å²) in [6, 6.07) is 11.1. The SMILES string of the molecule is CC(C)(C)OC(=O)c1ccc(C#CC(=O)NCc2ccc3c(c2)CN(C2CCC(=O)NC2=O)C3=O)cc1. The van der Waals surface area contributed by atoms with E-state index in [0.717, 1.165) is 11.1 Å². The zero-order chi connectivity index (χ0) is 26.7. The van der Waals surface area contributed by atoms with Gasteiger partial charge in [-0.3, -0.25) is 24.5 Å². The third-order valence-corrected chi connectivity index (χ3v) is 5.88. The number of fused-ring (bicyclic) bond motifs is 1. The van der Waals surface area contributed by atoms with Gasteiger partial charge in [0.1, 0.15) is 11.6 Å². The molecule has 1 saturated heterocycles. The van der Waals surface area contributed by atoms with Crippen LogP contribution in [0.4, 0.5) is 0 Å². The lowest BCUT2D eigenvalue weighted by atomic mass is 10.0. The Morgan fingerprint density at radius 2 is 1.84 bits per heavy atom. The minimum absolute atomic E-state index is 0.197. The van der Waals surface area contributed by atoms with Gasteiger partial charge in [0.05, 0.1) is 5.56 Å². The summed E-state index contributed by atoms with van der Waals surface area (Å²) in [5.41, 5.74) is 2.44. The van der Waals surface area contributed by atoms with Crippen LogP contribution < -0.4 is 10.6 Å². The first-order valence-electron chi connectivity index (χ1n) is 11.9. The summed E-state index contributed by atoms with van der Waals surface area (Å²) in [6.45, 7) is 5.86. The van der Waals surface area contributed by atoms with E-state index in [1.165, 1.54) is 4.90 Å². The van der Waals surface area contributed by atoms with E-state index >= 15 is 0 Å². The molecule has 2 N–H and O–H groups in total. The van der Waals surface area contributed by atoms with E-state index in [1.54, 1.807) is 57.2 Å². The first-order valence-corrected chi connectivity index (χ1v) is 11.9. The molecule has 1 unspecified atom stereocenters. The fraction of sp³-hybridized carbons (Fsp3) is 0.321. The van der Waals surface area contributed by atoms with Crippen LogP contribution >= 0.6 is 0 Å². The molecule has 9 heteroatoms. The van der Waals surface area contributed by atoms with E-state index in [9.17, 15) is 24.0 Å². The number of carbonyl (C=O) groups excluding carboxylic acids is 5. The van der Waals surface area contributed by atoms with Crippen LogP contribution in [0.2, 0.25) is 0 Å². The van der Waals surface area contributed by atoms with Gasteiger partial charge in [0, 0.05) is 36.6 Å². The molecule has 2 aromatic rings. The smallest absolute Gasteiger partial charge is 0.338 e. The second-order valence-corrected chi connectivity index (χ2v) is 9.90. The minimum atomic E-state index is -0.672. The maximum atomic E-state index is 12.8. The van der Waals surface area contributed by atoms with Crippen LogP contribution in [0.5, 0.6) is 0 Å². The predicted octanol–water partition coefficient (Wildman–Crippen LogP) is 2.07. The Balaban J connectivity index is 1.33. The van der Waals surface area contributed by atoms with Crippen LogP contribution in [0.25, 0.3) is 0 Å². The molecule has 2 heterocycles. The highest BCUT2D eigenvalue weighted by molar-refractivity contribution is 6.05. The second-order valence-electron chi connectivity index (χ2n) is 9.90. The molecule has 0 radical (unpaired) electrons. The van der Waals surface area contributed by atoms with Crippen LogP contribution in [0.3, 0.4) is 0 Å². The summed E-state index contributed by atoms with van der Waals surface area (Å²) in [5.74, 6) is 3.35. The van der Waals surface area contributed by atoms with Gasteiger partial charge in [-0.15, -0.1) is 0 Å². The quantitative estimate of drug-likeness (QED) is 0.376. The van der Waals surface area contributed by atoms with Crippen molar-refractivity contribution < 1.29 is 28.7 Å². The number of hydrogen-bond donors (Lipinski definition) is 2. The molecule has 0 saturated carbocycles. The number of rotatable bonds is 4. The molecule has 0 aromatic heterocycles. The van der Waals surface area contributed by atoms with Crippen LogP contribution in [0.15, 0.2) is 42.5 Å². The number of ether oxygens (including phenoxy) is 1. The summed E-state index contributed by atoms with van der Waals surface area (Å²) in [6.07, 6.45) is 0.498. The zero-order valence-corrected chi connectivity index (χ0v) is 20.8. The summed E-state index contributed by atoms with van der Waals surface area (Å²) < 4.78 is 5.32. The number of nitrogens with one attached hydrogen (secondary N) is 2. The van der Waals surface area contributed by atoms with Crippen molar-refractivity contribution >= 4 is 29.6 Å². The van der Waals surface area contributed by atoms with Gasteiger partial charge in [0.25, 0.3) is 11.8 Å². The predicted molar refractivity (Wildman–Crippen MR) is 133 cm³/mol. The van der Waals surface area contributed by atoms with Gasteiger partial charge in [-0.25, -0.2) is 4.79 Å². The third kappa shape index (κ3) is 6.22. The number of esters is 1. The molecule has 0 bridgehead atoms. The number of imide groups is 1. The fourth-order valence-electron chi connectivity index (χ4n) is 4.12. The van der Waals surface area contributed by atoms with Crippen LogP contribution in [-0.2, 0) is 32.2 Å². The van der Waals surface area contributed by atoms with Gasteiger partial charge in [-0.2, -0.15) is 0 Å². The topological polar surface area (TPSA) is 122 Å². The van der Waals surface area contributed by atoms with Crippen molar-refractivity contribution in [2.75, 3.05) is 0 Å². The van der Waals surface area contributed by atoms with E-state index in [2.05, 4.69) is 22.5 Å². The Bertz CT molecular complexity index is 1340. The van der Waals surface area contributed by atoms with Crippen molar-refractivity contribution in [1.82, 2.24) is 15.5 Å². The zero-order valence-electron chi connectivity index (χ0n) is 20.8. The molecule has 4 rings (SSSR count). The molecular weight excluding hydrogens is 474 g/mol. The summed E-state index contributed by atoms with van der Waals surface area (Å²) in [7, 11) is 0. The Labute approximate surface area is 214 Å². The number of carbonyl (C=O) groups is 5. The molecule has 2 aliphatic rings. The van der Waals surface area contributed by atoms with Crippen molar-refractivity contribution in [1.29, 1.82) is 0 Å². The van der Waals surface area contributed by atoms with Crippen LogP contribution in [-0.4, -0.2) is 46.1 Å². The van der Waals surface area contributed by atoms with E-state index in [1.807, 2.05) is 6.07 Å². The van der Waals surface area contributed by atoms with Gasteiger partial charge < -0.3 is 15.0 Å². The standard InChI is InChI=1S/C28H27N3O6/c1-28(2,3)37-27(36)19-8-4-17(5-9-19)7-12-23(32)29-15-18-6-10-21-20(14-18)16-31(26(21)35)22-11-13-24(33)30-25(22)34/h4-6,8-10,14,22H,11,13,15-16H2,1-3H3,(H,29,32)(H,30,33,34). The molecule has 0 spiro atoms. The Morgan fingerprint density at radius 3 is 2.51 bits per heavy atom. The average molecular weight is 502 g/mol. The fourth-order valence-corrected chi connectivity index (χ4v) is 4.12. The highest BCUT2D eigenvalue weighted by atomic mass is 16.6. The molecule has 37 heavy (non-hydrogen) atoms. The van der Waals surface area contributed by atoms with E-state index in [-0.39, 0.29) is 31.3 Å². The van der Waals surface area contributed by atoms with Crippen LogP contribution in [0, 0.1) is 11.8 Å². The molecule has 4 amide bonds. The Hall–Kier alpha value is -4.45. The average Bonchev–Trinajstić information content (AvgIpc) is 3.16. The number of benzene rings is 2. The second kappa shape index (κ2) is 10.3. The molecule has 1 fully saturated rings. The van der Waals surface area contributed by atoms with Crippen molar-refractivity contribution in [3.63, 3.8) is 0 Å². The van der Waals surface area contributed by atoms with Crippen LogP contribution in [0.1, 0.15) is 71.0 Å². The van der Waals surface area contributed by atoms with Gasteiger partial charge in [-0.05, 0) is 68.7 Å². The highest BCUT2D eigenvalue weighted by Gasteiger charge is 2.39. The molecular formula is C28H27N3O6. The van der Waals surface area contributed by atoms with Crippen molar-refractivity contribution in [3.8, 4) is 11.8 Å². The van der Waals surface area contributed by atoms with Gasteiger partial charge in [0.2, 0.25) is 11.8 Å². The van der Waals surface area contributed by atoms with Crippen molar-refractivity contribution in [2.24, 2.45) is 0 Å². The number of nitrogens with zero attached hydrogens (tertiary/aromatic N) is 1. The molecule has 190 valence electrons. The third-order valence-electron chi connectivity index (χ3n) is 5.88. The molecule has 0 aliphatic carbocycles. The molecule has 2 aromatic carbocycles. The lowest BCUT2D eigenvalue weighted by molar-refractivity contribution is -0.137. The minimum Gasteiger partial charge on any atom is -0.456 e. The number of piperidine rings is 1. The largest absolute Gasteiger partial charge is 0.456 e. The van der Waals surface area contributed by atoms with Crippen molar-refractivity contribution in [3.05, 3.63) is 70.3 Å². The maximum absolute atomic E-state index is 12.8. The first-order chi connectivity index (χ1) is 17.5. The van der Waals surface area contributed by atoms with E-state index in [4.69, 9.17) is 4.74 Å².